The monoisotopic (exact) mass is 193 g/mol. The Labute approximate surface area is 82.6 Å². The molecule has 74 valence electrons. The van der Waals surface area contributed by atoms with Gasteiger partial charge in [0.05, 0.1) is 0 Å². The van der Waals surface area contributed by atoms with E-state index in [9.17, 15) is 0 Å². The zero-order chi connectivity index (χ0) is 9.97. The van der Waals surface area contributed by atoms with Crippen molar-refractivity contribution in [3.63, 3.8) is 0 Å². The minimum absolute atomic E-state index is 0.223. The number of para-hydroxylation sites is 1. The zero-order valence-corrected chi connectivity index (χ0v) is 7.68. The molecular formula is C9H12BNO3. The van der Waals surface area contributed by atoms with Crippen LogP contribution in [-0.2, 0) is 6.42 Å². The lowest BCUT2D eigenvalue weighted by molar-refractivity contribution is 0.198. The van der Waals surface area contributed by atoms with E-state index in [-0.39, 0.29) is 5.82 Å². The van der Waals surface area contributed by atoms with Crippen LogP contribution in [0.15, 0.2) is 24.3 Å². The van der Waals surface area contributed by atoms with Crippen molar-refractivity contribution in [3.05, 3.63) is 29.8 Å². The summed E-state index contributed by atoms with van der Waals surface area (Å²) in [6.45, 7) is 0.437. The molecule has 0 aliphatic carbocycles. The Bertz CT molecular complexity index is 319. The molecule has 0 aromatic heterocycles. The summed E-state index contributed by atoms with van der Waals surface area (Å²) in [4.78, 5) is 5.26. The largest absolute Gasteiger partial charge is 0.456 e. The summed E-state index contributed by atoms with van der Waals surface area (Å²) >= 11 is 0. The van der Waals surface area contributed by atoms with Gasteiger partial charge in [-0.05, 0) is 18.1 Å². The first kappa shape index (κ1) is 9.52. The molecule has 0 spiro atoms. The van der Waals surface area contributed by atoms with Crippen LogP contribution in [0.2, 0.25) is 5.82 Å². The molecule has 2 rings (SSSR count). The van der Waals surface area contributed by atoms with Crippen LogP contribution in [0, 0.1) is 0 Å². The van der Waals surface area contributed by atoms with Gasteiger partial charge in [0.25, 0.3) is 0 Å². The second-order valence-electron chi connectivity index (χ2n) is 3.44. The first-order chi connectivity index (χ1) is 6.77. The lowest BCUT2D eigenvalue weighted by Crippen LogP contribution is -2.31. The highest BCUT2D eigenvalue weighted by molar-refractivity contribution is 6.43. The molecule has 1 unspecified atom stereocenters. The summed E-state index contributed by atoms with van der Waals surface area (Å²) in [6, 6.07) is 7.58. The summed E-state index contributed by atoms with van der Waals surface area (Å²) in [5.74, 6) is 0.536. The van der Waals surface area contributed by atoms with Crippen LogP contribution in [-0.4, -0.2) is 23.7 Å². The van der Waals surface area contributed by atoms with Crippen molar-refractivity contribution >= 4 is 7.12 Å². The first-order valence-electron chi connectivity index (χ1n) is 4.61. The molecule has 14 heavy (non-hydrogen) atoms. The Morgan fingerprint density at radius 1 is 1.36 bits per heavy atom. The number of rotatable bonds is 1. The minimum Gasteiger partial charge on any atom is -0.427 e. The summed E-state index contributed by atoms with van der Waals surface area (Å²) < 4.78 is 0. The van der Waals surface area contributed by atoms with Gasteiger partial charge in [0, 0.05) is 12.4 Å². The molecule has 1 aromatic rings. The maximum atomic E-state index is 9.09. The maximum Gasteiger partial charge on any atom is 0.456 e. The molecule has 4 nitrogen and oxygen atoms in total. The van der Waals surface area contributed by atoms with E-state index in [4.69, 9.17) is 14.9 Å². The maximum absolute atomic E-state index is 9.09. The van der Waals surface area contributed by atoms with Crippen LogP contribution < -0.4 is 10.3 Å². The van der Waals surface area contributed by atoms with Crippen LogP contribution in [0.4, 0.5) is 0 Å². The van der Waals surface area contributed by atoms with E-state index in [0.29, 0.717) is 13.0 Å². The van der Waals surface area contributed by atoms with E-state index >= 15 is 0 Å². The van der Waals surface area contributed by atoms with Crippen molar-refractivity contribution in [3.8, 4) is 5.75 Å². The smallest absolute Gasteiger partial charge is 0.427 e. The van der Waals surface area contributed by atoms with Gasteiger partial charge in [-0.1, -0.05) is 18.2 Å². The predicted molar refractivity (Wildman–Crippen MR) is 52.7 cm³/mol. The minimum atomic E-state index is -1.31. The van der Waals surface area contributed by atoms with E-state index in [1.807, 2.05) is 24.3 Å². The quantitative estimate of drug-likeness (QED) is 0.548. The predicted octanol–water partition coefficient (Wildman–Crippen LogP) is -0.0309. The van der Waals surface area contributed by atoms with Crippen molar-refractivity contribution in [2.75, 3.05) is 6.54 Å². The third kappa shape index (κ3) is 1.90. The molecule has 1 atom stereocenters. The molecule has 5 heteroatoms. The highest BCUT2D eigenvalue weighted by atomic mass is 16.6. The molecular weight excluding hydrogens is 181 g/mol. The third-order valence-electron chi connectivity index (χ3n) is 2.40. The van der Waals surface area contributed by atoms with Gasteiger partial charge >= 0.3 is 7.12 Å². The second-order valence-corrected chi connectivity index (χ2v) is 3.44. The average Bonchev–Trinajstić information content (AvgIpc) is 2.39. The third-order valence-corrected chi connectivity index (χ3v) is 2.40. The summed E-state index contributed by atoms with van der Waals surface area (Å²) in [5.41, 5.74) is 3.71. The number of nitrogens with one attached hydrogen (secondary N) is 1. The van der Waals surface area contributed by atoms with Crippen LogP contribution in [0.1, 0.15) is 5.56 Å². The molecule has 0 saturated carbocycles. The lowest BCUT2D eigenvalue weighted by Gasteiger charge is -2.10. The normalized spacial score (nSPS) is 20.6. The van der Waals surface area contributed by atoms with Crippen LogP contribution >= 0.6 is 0 Å². The highest BCUT2D eigenvalue weighted by Gasteiger charge is 2.26. The summed E-state index contributed by atoms with van der Waals surface area (Å²) in [5, 5.41) is 18.2. The van der Waals surface area contributed by atoms with E-state index in [0.717, 1.165) is 11.3 Å². The van der Waals surface area contributed by atoms with Gasteiger partial charge in [-0.25, -0.2) is 0 Å². The number of fused-ring (bicyclic) bond motifs is 1. The Morgan fingerprint density at radius 2 is 2.14 bits per heavy atom. The fourth-order valence-electron chi connectivity index (χ4n) is 1.56. The van der Waals surface area contributed by atoms with Gasteiger partial charge in [0.2, 0.25) is 0 Å². The van der Waals surface area contributed by atoms with Crippen molar-refractivity contribution in [1.82, 2.24) is 5.48 Å². The summed E-state index contributed by atoms with van der Waals surface area (Å²) in [7, 11) is -1.31. The van der Waals surface area contributed by atoms with Gasteiger partial charge in [0.1, 0.15) is 5.75 Å². The van der Waals surface area contributed by atoms with Gasteiger partial charge in [-0.15, -0.1) is 0 Å². The topological polar surface area (TPSA) is 61.7 Å². The lowest BCUT2D eigenvalue weighted by atomic mass is 9.70. The summed E-state index contributed by atoms with van der Waals surface area (Å²) in [6.07, 6.45) is 0.612. The second kappa shape index (κ2) is 4.00. The molecule has 1 aliphatic heterocycles. The number of benzene rings is 1. The standard InChI is InChI=1S/C9H12BNO3/c12-10(13)8-5-7-3-1-2-4-9(7)14-11-6-8/h1-4,8,11-13H,5-6H2. The van der Waals surface area contributed by atoms with E-state index in [2.05, 4.69) is 5.48 Å². The molecule has 1 heterocycles. The first-order valence-corrected chi connectivity index (χ1v) is 4.61. The Balaban J connectivity index is 2.22. The molecule has 0 amide bonds. The van der Waals surface area contributed by atoms with E-state index in [1.54, 1.807) is 0 Å². The zero-order valence-electron chi connectivity index (χ0n) is 7.68. The van der Waals surface area contributed by atoms with E-state index in [1.165, 1.54) is 0 Å². The average molecular weight is 193 g/mol. The number of hydroxylamine groups is 1. The Kier molecular flexibility index (Phi) is 2.72. The number of hydrogen-bond donors (Lipinski definition) is 3. The van der Waals surface area contributed by atoms with Gasteiger partial charge < -0.3 is 14.9 Å². The SMILES string of the molecule is OB(O)C1CNOc2ccccc2C1. The van der Waals surface area contributed by atoms with Crippen molar-refractivity contribution in [2.24, 2.45) is 0 Å². The Morgan fingerprint density at radius 3 is 2.93 bits per heavy atom. The molecule has 1 aromatic carbocycles. The Hall–Kier alpha value is -1.04. The molecule has 0 bridgehead atoms. The highest BCUT2D eigenvalue weighted by Crippen LogP contribution is 2.25. The van der Waals surface area contributed by atoms with Crippen LogP contribution in [0.3, 0.4) is 0 Å². The molecule has 0 saturated heterocycles. The van der Waals surface area contributed by atoms with Crippen molar-refractivity contribution in [1.29, 1.82) is 0 Å². The van der Waals surface area contributed by atoms with Gasteiger partial charge in [-0.2, -0.15) is 5.48 Å². The molecule has 0 fully saturated rings. The fourth-order valence-corrected chi connectivity index (χ4v) is 1.56. The van der Waals surface area contributed by atoms with Crippen molar-refractivity contribution < 1.29 is 14.9 Å². The number of hydrogen-bond acceptors (Lipinski definition) is 4. The van der Waals surface area contributed by atoms with Gasteiger partial charge in [0.15, 0.2) is 0 Å². The molecule has 3 N–H and O–H groups in total. The molecule has 0 radical (unpaired) electrons. The van der Waals surface area contributed by atoms with E-state index < -0.39 is 7.12 Å². The van der Waals surface area contributed by atoms with Gasteiger partial charge in [-0.3, -0.25) is 0 Å². The fraction of sp³-hybridized carbons (Fsp3) is 0.333. The van der Waals surface area contributed by atoms with Crippen LogP contribution in [0.5, 0.6) is 5.75 Å². The van der Waals surface area contributed by atoms with Crippen molar-refractivity contribution in [2.45, 2.75) is 12.2 Å². The van der Waals surface area contributed by atoms with Crippen LogP contribution in [0.25, 0.3) is 0 Å². The molecule has 1 aliphatic rings.